The van der Waals surface area contributed by atoms with Crippen LogP contribution in [-0.2, 0) is 4.79 Å². The van der Waals surface area contributed by atoms with Crippen molar-refractivity contribution in [3.05, 3.63) is 10.6 Å². The van der Waals surface area contributed by atoms with Gasteiger partial charge in [0.2, 0.25) is 5.91 Å². The molecular formula is C18H28N4OS. The first-order valence-corrected chi connectivity index (χ1v) is 9.94. The van der Waals surface area contributed by atoms with Gasteiger partial charge in [-0.2, -0.15) is 5.10 Å². The number of likely N-dealkylation sites (tertiary alicyclic amines) is 1. The van der Waals surface area contributed by atoms with Crippen LogP contribution in [-0.4, -0.2) is 38.7 Å². The Hall–Kier alpha value is -1.17. The largest absolute Gasteiger partial charge is 0.342 e. The van der Waals surface area contributed by atoms with Crippen molar-refractivity contribution in [3.8, 4) is 0 Å². The fourth-order valence-corrected chi connectivity index (χ4v) is 5.41. The van der Waals surface area contributed by atoms with Crippen LogP contribution in [0.4, 0.5) is 0 Å². The Bertz CT molecular complexity index is 667. The number of aromatic amines is 1. The normalized spacial score (nSPS) is 32.7. The number of carbonyl (C=O) groups is 1. The van der Waals surface area contributed by atoms with E-state index in [1.807, 2.05) is 0 Å². The van der Waals surface area contributed by atoms with Gasteiger partial charge in [-0.25, -0.2) is 0 Å². The fourth-order valence-electron chi connectivity index (χ4n) is 5.06. The summed E-state index contributed by atoms with van der Waals surface area (Å²) in [5.74, 6) is 3.47. The standard InChI is InChI=1S/C18H28N4OS/c1-11(2)22-16(19-20-18(22)24)12-6-5-9-21(10-12)17(23)15-13-7-3-4-8-14(13)15/h11-15H,3-10H2,1-2H3,(H,20,24). The Kier molecular flexibility index (Phi) is 4.27. The molecule has 2 heterocycles. The van der Waals surface area contributed by atoms with Crippen LogP contribution < -0.4 is 0 Å². The number of amides is 1. The van der Waals surface area contributed by atoms with Crippen molar-refractivity contribution >= 4 is 18.1 Å². The number of rotatable bonds is 3. The van der Waals surface area contributed by atoms with Gasteiger partial charge in [-0.05, 0) is 63.6 Å². The maximum absolute atomic E-state index is 13.0. The van der Waals surface area contributed by atoms with Crippen LogP contribution in [0.25, 0.3) is 0 Å². The van der Waals surface area contributed by atoms with Crippen molar-refractivity contribution in [1.82, 2.24) is 19.7 Å². The first-order chi connectivity index (χ1) is 11.6. The third-order valence-electron chi connectivity index (χ3n) is 6.29. The van der Waals surface area contributed by atoms with Gasteiger partial charge in [0.1, 0.15) is 5.82 Å². The van der Waals surface area contributed by atoms with E-state index in [1.165, 1.54) is 25.7 Å². The average molecular weight is 349 g/mol. The maximum atomic E-state index is 13.0. The number of carbonyl (C=O) groups excluding carboxylic acids is 1. The zero-order chi connectivity index (χ0) is 16.8. The molecule has 1 saturated heterocycles. The van der Waals surface area contributed by atoms with Crippen LogP contribution >= 0.6 is 12.2 Å². The number of piperidine rings is 1. The molecule has 0 aromatic carbocycles. The minimum absolute atomic E-state index is 0.295. The van der Waals surface area contributed by atoms with Crippen molar-refractivity contribution in [2.75, 3.05) is 13.1 Å². The molecule has 2 aliphatic carbocycles. The highest BCUT2D eigenvalue weighted by molar-refractivity contribution is 7.71. The molecule has 1 aromatic heterocycles. The topological polar surface area (TPSA) is 53.9 Å². The number of nitrogens with one attached hydrogen (secondary N) is 1. The van der Waals surface area contributed by atoms with Gasteiger partial charge in [-0.1, -0.05) is 12.8 Å². The van der Waals surface area contributed by atoms with Gasteiger partial charge in [0.05, 0.1) is 0 Å². The summed E-state index contributed by atoms with van der Waals surface area (Å²) in [5.41, 5.74) is 0. The van der Waals surface area contributed by atoms with E-state index in [-0.39, 0.29) is 0 Å². The SMILES string of the molecule is CC(C)n1c(C2CCCN(C(=O)C3C4CCCCC43)C2)n[nH]c1=S. The lowest BCUT2D eigenvalue weighted by Gasteiger charge is -2.33. The molecule has 1 aromatic rings. The summed E-state index contributed by atoms with van der Waals surface area (Å²) in [7, 11) is 0. The number of H-pyrrole nitrogens is 1. The van der Waals surface area contributed by atoms with E-state index in [0.717, 1.165) is 31.8 Å². The van der Waals surface area contributed by atoms with Gasteiger partial charge in [0, 0.05) is 31.0 Å². The van der Waals surface area contributed by atoms with Crippen molar-refractivity contribution in [2.24, 2.45) is 17.8 Å². The Balaban J connectivity index is 1.48. The van der Waals surface area contributed by atoms with Gasteiger partial charge in [-0.3, -0.25) is 9.89 Å². The summed E-state index contributed by atoms with van der Waals surface area (Å²) in [6, 6.07) is 0.295. The van der Waals surface area contributed by atoms with E-state index in [4.69, 9.17) is 12.2 Å². The second-order valence-corrected chi connectivity index (χ2v) is 8.50. The van der Waals surface area contributed by atoms with Crippen molar-refractivity contribution < 1.29 is 4.79 Å². The van der Waals surface area contributed by atoms with Gasteiger partial charge in [0.15, 0.2) is 4.77 Å². The quantitative estimate of drug-likeness (QED) is 0.848. The molecule has 0 spiro atoms. The predicted octanol–water partition coefficient (Wildman–Crippen LogP) is 3.66. The summed E-state index contributed by atoms with van der Waals surface area (Å²) in [6.45, 7) is 5.99. The number of aromatic nitrogens is 3. The third-order valence-corrected chi connectivity index (χ3v) is 6.58. The van der Waals surface area contributed by atoms with E-state index >= 15 is 0 Å². The lowest BCUT2D eigenvalue weighted by atomic mass is 9.96. The maximum Gasteiger partial charge on any atom is 0.226 e. The minimum Gasteiger partial charge on any atom is -0.342 e. The van der Waals surface area contributed by atoms with Crippen LogP contribution in [0, 0.1) is 22.5 Å². The van der Waals surface area contributed by atoms with Gasteiger partial charge in [-0.15, -0.1) is 0 Å². The Morgan fingerprint density at radius 1 is 1.21 bits per heavy atom. The zero-order valence-electron chi connectivity index (χ0n) is 14.7. The molecule has 6 heteroatoms. The summed E-state index contributed by atoms with van der Waals surface area (Å²) < 4.78 is 2.81. The molecule has 3 aliphatic rings. The highest BCUT2D eigenvalue weighted by Crippen LogP contribution is 2.56. The average Bonchev–Trinajstić information content (AvgIpc) is 3.19. The highest BCUT2D eigenvalue weighted by Gasteiger charge is 2.56. The molecule has 1 aliphatic heterocycles. The summed E-state index contributed by atoms with van der Waals surface area (Å²) >= 11 is 5.38. The summed E-state index contributed by atoms with van der Waals surface area (Å²) in [6.07, 6.45) is 7.33. The highest BCUT2D eigenvalue weighted by atomic mass is 32.1. The predicted molar refractivity (Wildman–Crippen MR) is 95.3 cm³/mol. The Labute approximate surface area is 148 Å². The summed E-state index contributed by atoms with van der Waals surface area (Å²) in [4.78, 5) is 15.1. The van der Waals surface area contributed by atoms with Crippen molar-refractivity contribution in [2.45, 2.75) is 64.3 Å². The summed E-state index contributed by atoms with van der Waals surface area (Å²) in [5, 5.41) is 7.44. The van der Waals surface area contributed by atoms with Crippen molar-refractivity contribution in [3.63, 3.8) is 0 Å². The molecule has 3 atom stereocenters. The van der Waals surface area contributed by atoms with E-state index in [1.54, 1.807) is 0 Å². The van der Waals surface area contributed by atoms with Crippen LogP contribution in [0.5, 0.6) is 0 Å². The van der Waals surface area contributed by atoms with E-state index in [2.05, 4.69) is 33.5 Å². The molecule has 132 valence electrons. The van der Waals surface area contributed by atoms with Crippen LogP contribution in [0.3, 0.4) is 0 Å². The van der Waals surface area contributed by atoms with E-state index in [9.17, 15) is 4.79 Å². The molecule has 3 unspecified atom stereocenters. The Morgan fingerprint density at radius 3 is 2.58 bits per heavy atom. The molecule has 0 radical (unpaired) electrons. The molecule has 1 amide bonds. The van der Waals surface area contributed by atoms with Crippen LogP contribution in [0.1, 0.15) is 70.2 Å². The molecule has 0 bridgehead atoms. The fraction of sp³-hybridized carbons (Fsp3) is 0.833. The van der Waals surface area contributed by atoms with Gasteiger partial charge < -0.3 is 9.47 Å². The zero-order valence-corrected chi connectivity index (χ0v) is 15.5. The first kappa shape index (κ1) is 16.3. The van der Waals surface area contributed by atoms with Gasteiger partial charge in [0.25, 0.3) is 0 Å². The Morgan fingerprint density at radius 2 is 1.92 bits per heavy atom. The van der Waals surface area contributed by atoms with Gasteiger partial charge >= 0.3 is 0 Å². The van der Waals surface area contributed by atoms with Crippen LogP contribution in [0.2, 0.25) is 0 Å². The number of hydrogen-bond acceptors (Lipinski definition) is 3. The smallest absolute Gasteiger partial charge is 0.226 e. The van der Waals surface area contributed by atoms with E-state index < -0.39 is 0 Å². The van der Waals surface area contributed by atoms with Crippen LogP contribution in [0.15, 0.2) is 0 Å². The lowest BCUT2D eigenvalue weighted by Crippen LogP contribution is -2.41. The molecule has 3 fully saturated rings. The van der Waals surface area contributed by atoms with E-state index in [0.29, 0.717) is 40.4 Å². The second kappa shape index (κ2) is 6.28. The third kappa shape index (κ3) is 2.72. The molecule has 2 saturated carbocycles. The number of nitrogens with zero attached hydrogens (tertiary/aromatic N) is 3. The lowest BCUT2D eigenvalue weighted by molar-refractivity contribution is -0.134. The minimum atomic E-state index is 0.295. The first-order valence-electron chi connectivity index (χ1n) is 9.53. The molecule has 4 rings (SSSR count). The van der Waals surface area contributed by atoms with Crippen molar-refractivity contribution in [1.29, 1.82) is 0 Å². The molecule has 24 heavy (non-hydrogen) atoms. The number of fused-ring (bicyclic) bond motifs is 1. The molecule has 5 nitrogen and oxygen atoms in total. The molecular weight excluding hydrogens is 320 g/mol. The number of hydrogen-bond donors (Lipinski definition) is 1. The monoisotopic (exact) mass is 348 g/mol. The second-order valence-electron chi connectivity index (χ2n) is 8.11. The molecule has 1 N–H and O–H groups in total.